The standard InChI is InChI=1S/C18H27FN2O/c19-16-5-2-1-4-15(16)13-7-9-14(10-8-13)22-12-18-17(20)6-3-11-21-18/h1-2,4-5,13-14,17-18,21H,3,6-12,20H2/t13?,14?,17-,18-/m0/s1. The van der Waals surface area contributed by atoms with Gasteiger partial charge in [-0.05, 0) is 62.6 Å². The Kier molecular flexibility index (Phi) is 5.45. The number of piperidine rings is 1. The lowest BCUT2D eigenvalue weighted by Gasteiger charge is -2.33. The van der Waals surface area contributed by atoms with Crippen molar-refractivity contribution in [3.63, 3.8) is 0 Å². The van der Waals surface area contributed by atoms with Crippen LogP contribution in [0.5, 0.6) is 0 Å². The van der Waals surface area contributed by atoms with Gasteiger partial charge in [-0.1, -0.05) is 18.2 Å². The number of rotatable bonds is 4. The molecule has 1 saturated heterocycles. The lowest BCUT2D eigenvalue weighted by atomic mass is 9.82. The van der Waals surface area contributed by atoms with Gasteiger partial charge in [0.1, 0.15) is 5.82 Å². The molecule has 0 amide bonds. The van der Waals surface area contributed by atoms with E-state index in [1.54, 1.807) is 12.1 Å². The number of nitrogens with one attached hydrogen (secondary N) is 1. The fourth-order valence-electron chi connectivity index (χ4n) is 3.75. The molecule has 22 heavy (non-hydrogen) atoms. The summed E-state index contributed by atoms with van der Waals surface area (Å²) in [4.78, 5) is 0. The van der Waals surface area contributed by atoms with Crippen LogP contribution in [0.1, 0.15) is 50.0 Å². The normalized spacial score (nSPS) is 32.8. The van der Waals surface area contributed by atoms with Gasteiger partial charge >= 0.3 is 0 Å². The third-order valence-corrected chi connectivity index (χ3v) is 5.17. The second-order valence-corrected chi connectivity index (χ2v) is 6.70. The molecule has 3 rings (SSSR count). The number of ether oxygens (including phenoxy) is 1. The van der Waals surface area contributed by atoms with E-state index in [4.69, 9.17) is 10.5 Å². The molecule has 1 aliphatic carbocycles. The maximum atomic E-state index is 13.9. The molecule has 0 radical (unpaired) electrons. The van der Waals surface area contributed by atoms with E-state index in [1.807, 2.05) is 12.1 Å². The molecule has 3 N–H and O–H groups in total. The van der Waals surface area contributed by atoms with Crippen LogP contribution in [0.15, 0.2) is 24.3 Å². The molecule has 3 nitrogen and oxygen atoms in total. The van der Waals surface area contributed by atoms with Gasteiger partial charge in [0.15, 0.2) is 0 Å². The lowest BCUT2D eigenvalue weighted by Crippen LogP contribution is -2.52. The summed E-state index contributed by atoms with van der Waals surface area (Å²) in [7, 11) is 0. The summed E-state index contributed by atoms with van der Waals surface area (Å²) in [6, 6.07) is 7.67. The van der Waals surface area contributed by atoms with Crippen molar-refractivity contribution >= 4 is 0 Å². The summed E-state index contributed by atoms with van der Waals surface area (Å²) in [5, 5.41) is 3.45. The first-order chi connectivity index (χ1) is 10.7. The Balaban J connectivity index is 1.45. The van der Waals surface area contributed by atoms with Crippen molar-refractivity contribution < 1.29 is 9.13 Å². The van der Waals surface area contributed by atoms with Crippen LogP contribution in [0.4, 0.5) is 4.39 Å². The van der Waals surface area contributed by atoms with E-state index in [1.165, 1.54) is 0 Å². The molecular formula is C18H27FN2O. The largest absolute Gasteiger partial charge is 0.377 e. The van der Waals surface area contributed by atoms with Crippen molar-refractivity contribution in [1.29, 1.82) is 0 Å². The minimum Gasteiger partial charge on any atom is -0.377 e. The summed E-state index contributed by atoms with van der Waals surface area (Å²) in [6.07, 6.45) is 6.60. The zero-order valence-electron chi connectivity index (χ0n) is 13.1. The Morgan fingerprint density at radius 1 is 1.14 bits per heavy atom. The molecule has 0 aromatic heterocycles. The third kappa shape index (κ3) is 3.86. The van der Waals surface area contributed by atoms with Gasteiger partial charge < -0.3 is 15.8 Å². The summed E-state index contributed by atoms with van der Waals surface area (Å²) < 4.78 is 19.9. The summed E-state index contributed by atoms with van der Waals surface area (Å²) >= 11 is 0. The molecule has 0 spiro atoms. The number of hydrogen-bond donors (Lipinski definition) is 2. The zero-order valence-corrected chi connectivity index (χ0v) is 13.1. The van der Waals surface area contributed by atoms with E-state index in [2.05, 4.69) is 5.32 Å². The van der Waals surface area contributed by atoms with Crippen molar-refractivity contribution in [2.45, 2.75) is 62.6 Å². The molecule has 1 saturated carbocycles. The Morgan fingerprint density at radius 3 is 2.64 bits per heavy atom. The van der Waals surface area contributed by atoms with Gasteiger partial charge in [0.2, 0.25) is 0 Å². The van der Waals surface area contributed by atoms with E-state index in [0.717, 1.165) is 50.6 Å². The summed E-state index contributed by atoms with van der Waals surface area (Å²) in [5.41, 5.74) is 7.00. The van der Waals surface area contributed by atoms with Gasteiger partial charge in [-0.2, -0.15) is 0 Å². The van der Waals surface area contributed by atoms with Crippen molar-refractivity contribution in [3.8, 4) is 0 Å². The lowest BCUT2D eigenvalue weighted by molar-refractivity contribution is 0.00603. The minimum atomic E-state index is -0.0655. The second-order valence-electron chi connectivity index (χ2n) is 6.70. The first-order valence-electron chi connectivity index (χ1n) is 8.59. The molecule has 0 unspecified atom stereocenters. The van der Waals surface area contributed by atoms with Crippen LogP contribution in [0.3, 0.4) is 0 Å². The smallest absolute Gasteiger partial charge is 0.126 e. The second kappa shape index (κ2) is 7.53. The quantitative estimate of drug-likeness (QED) is 0.899. The highest BCUT2D eigenvalue weighted by Crippen LogP contribution is 2.35. The SMILES string of the molecule is N[C@H]1CCCN[C@H]1COC1CCC(c2ccccc2F)CC1. The molecule has 2 atom stereocenters. The zero-order chi connectivity index (χ0) is 15.4. The van der Waals surface area contributed by atoms with Gasteiger partial charge in [-0.3, -0.25) is 0 Å². The van der Waals surface area contributed by atoms with Crippen LogP contribution in [0.25, 0.3) is 0 Å². The maximum Gasteiger partial charge on any atom is 0.126 e. The molecule has 1 aromatic rings. The van der Waals surface area contributed by atoms with Gasteiger partial charge in [0, 0.05) is 12.1 Å². The van der Waals surface area contributed by atoms with Crippen molar-refractivity contribution in [1.82, 2.24) is 5.32 Å². The summed E-state index contributed by atoms with van der Waals surface area (Å²) in [5.74, 6) is 0.278. The van der Waals surface area contributed by atoms with Crippen molar-refractivity contribution in [2.75, 3.05) is 13.2 Å². The first-order valence-corrected chi connectivity index (χ1v) is 8.59. The molecule has 1 heterocycles. The van der Waals surface area contributed by atoms with Crippen LogP contribution in [-0.4, -0.2) is 31.3 Å². The molecule has 4 heteroatoms. The Hall–Kier alpha value is -0.970. The van der Waals surface area contributed by atoms with E-state index in [9.17, 15) is 4.39 Å². The highest BCUT2D eigenvalue weighted by Gasteiger charge is 2.27. The van der Waals surface area contributed by atoms with Gasteiger partial charge in [-0.25, -0.2) is 4.39 Å². The van der Waals surface area contributed by atoms with Gasteiger partial charge in [0.25, 0.3) is 0 Å². The van der Waals surface area contributed by atoms with Crippen LogP contribution >= 0.6 is 0 Å². The number of halogens is 1. The minimum absolute atomic E-state index is 0.0655. The average Bonchev–Trinajstić information content (AvgIpc) is 2.55. The van der Waals surface area contributed by atoms with Crippen LogP contribution in [0.2, 0.25) is 0 Å². The van der Waals surface area contributed by atoms with E-state index in [0.29, 0.717) is 18.6 Å². The first kappa shape index (κ1) is 15.9. The Bertz CT molecular complexity index is 474. The fraction of sp³-hybridized carbons (Fsp3) is 0.667. The van der Waals surface area contributed by atoms with E-state index in [-0.39, 0.29) is 17.9 Å². The molecule has 122 valence electrons. The molecule has 0 bridgehead atoms. The van der Waals surface area contributed by atoms with Crippen molar-refractivity contribution in [3.05, 3.63) is 35.6 Å². The number of benzene rings is 1. The molecule has 2 aliphatic rings. The predicted octanol–water partition coefficient (Wildman–Crippen LogP) is 2.95. The van der Waals surface area contributed by atoms with Crippen molar-refractivity contribution in [2.24, 2.45) is 5.73 Å². The predicted molar refractivity (Wildman–Crippen MR) is 86.3 cm³/mol. The molecular weight excluding hydrogens is 279 g/mol. The molecule has 1 aromatic carbocycles. The number of nitrogens with two attached hydrogens (primary N) is 1. The van der Waals surface area contributed by atoms with Crippen LogP contribution in [0, 0.1) is 5.82 Å². The van der Waals surface area contributed by atoms with E-state index >= 15 is 0 Å². The molecule has 1 aliphatic heterocycles. The number of hydrogen-bond acceptors (Lipinski definition) is 3. The maximum absolute atomic E-state index is 13.9. The van der Waals surface area contributed by atoms with Gasteiger partial charge in [0.05, 0.1) is 12.7 Å². The molecule has 2 fully saturated rings. The summed E-state index contributed by atoms with van der Waals surface area (Å²) in [6.45, 7) is 1.75. The van der Waals surface area contributed by atoms with E-state index < -0.39 is 0 Å². The van der Waals surface area contributed by atoms with Crippen LogP contribution in [-0.2, 0) is 4.74 Å². The monoisotopic (exact) mass is 306 g/mol. The van der Waals surface area contributed by atoms with Crippen LogP contribution < -0.4 is 11.1 Å². The Morgan fingerprint density at radius 2 is 1.91 bits per heavy atom. The highest BCUT2D eigenvalue weighted by atomic mass is 19.1. The third-order valence-electron chi connectivity index (χ3n) is 5.17. The highest BCUT2D eigenvalue weighted by molar-refractivity contribution is 5.22. The Labute approximate surface area is 132 Å². The van der Waals surface area contributed by atoms with Gasteiger partial charge in [-0.15, -0.1) is 0 Å². The fourth-order valence-corrected chi connectivity index (χ4v) is 3.75. The topological polar surface area (TPSA) is 47.3 Å². The average molecular weight is 306 g/mol.